The average molecular weight is 439 g/mol. The second-order valence-corrected chi connectivity index (χ2v) is 7.79. The molecule has 6 nitrogen and oxygen atoms in total. The summed E-state index contributed by atoms with van der Waals surface area (Å²) in [6.07, 6.45) is 0.396. The summed E-state index contributed by atoms with van der Waals surface area (Å²) in [7, 11) is 0. The Labute approximate surface area is 175 Å². The lowest BCUT2D eigenvalue weighted by atomic mass is 10.1. The summed E-state index contributed by atoms with van der Waals surface area (Å²) >= 11 is 2.90. The van der Waals surface area contributed by atoms with Crippen LogP contribution in [0.15, 0.2) is 46.9 Å². The van der Waals surface area contributed by atoms with Gasteiger partial charge in [0.1, 0.15) is 5.75 Å². The van der Waals surface area contributed by atoms with Crippen molar-refractivity contribution < 1.29 is 18.3 Å². The highest BCUT2D eigenvalue weighted by Crippen LogP contribution is 2.27. The SMILES string of the molecule is CCn1c(SCC(=O)NCCc2ccccc2OC(F)F)nnc1-c1cccs1. The van der Waals surface area contributed by atoms with Crippen LogP contribution in [0.1, 0.15) is 12.5 Å². The Morgan fingerprint density at radius 3 is 2.83 bits per heavy atom. The lowest BCUT2D eigenvalue weighted by Gasteiger charge is -2.11. The van der Waals surface area contributed by atoms with E-state index in [1.165, 1.54) is 17.8 Å². The molecule has 3 aromatic rings. The Morgan fingerprint density at radius 2 is 2.10 bits per heavy atom. The van der Waals surface area contributed by atoms with Gasteiger partial charge in [0.05, 0.1) is 10.6 Å². The minimum Gasteiger partial charge on any atom is -0.435 e. The Morgan fingerprint density at radius 1 is 1.28 bits per heavy atom. The summed E-state index contributed by atoms with van der Waals surface area (Å²) in [6, 6.07) is 10.5. The van der Waals surface area contributed by atoms with Crippen molar-refractivity contribution in [1.29, 1.82) is 0 Å². The monoisotopic (exact) mass is 438 g/mol. The first-order valence-electron chi connectivity index (χ1n) is 8.97. The number of thiophene rings is 1. The van der Waals surface area contributed by atoms with E-state index in [4.69, 9.17) is 0 Å². The molecule has 0 aliphatic rings. The molecule has 2 heterocycles. The molecule has 0 saturated carbocycles. The number of rotatable bonds is 10. The van der Waals surface area contributed by atoms with E-state index in [0.29, 0.717) is 30.2 Å². The number of carbonyl (C=O) groups is 1. The Hall–Kier alpha value is -2.46. The van der Waals surface area contributed by atoms with Crippen molar-refractivity contribution in [3.8, 4) is 16.5 Å². The molecule has 1 aromatic carbocycles. The van der Waals surface area contributed by atoms with E-state index in [1.807, 2.05) is 29.0 Å². The van der Waals surface area contributed by atoms with Crippen molar-refractivity contribution >= 4 is 29.0 Å². The predicted octanol–water partition coefficient (Wildman–Crippen LogP) is 4.08. The maximum absolute atomic E-state index is 12.5. The zero-order chi connectivity index (χ0) is 20.6. The van der Waals surface area contributed by atoms with Gasteiger partial charge in [0.2, 0.25) is 5.91 Å². The number of nitrogens with zero attached hydrogens (tertiary/aromatic N) is 3. The quantitative estimate of drug-likeness (QED) is 0.483. The molecule has 0 spiro atoms. The van der Waals surface area contributed by atoms with Crippen LogP contribution in [0.3, 0.4) is 0 Å². The summed E-state index contributed by atoms with van der Waals surface area (Å²) in [5, 5.41) is 13.9. The van der Waals surface area contributed by atoms with Crippen molar-refractivity contribution in [2.24, 2.45) is 0 Å². The third kappa shape index (κ3) is 5.77. The highest BCUT2D eigenvalue weighted by atomic mass is 32.2. The van der Waals surface area contributed by atoms with Gasteiger partial charge < -0.3 is 14.6 Å². The minimum absolute atomic E-state index is 0.128. The second-order valence-electron chi connectivity index (χ2n) is 5.90. The fourth-order valence-electron chi connectivity index (χ4n) is 2.71. The average Bonchev–Trinajstić information content (AvgIpc) is 3.36. The molecule has 0 aliphatic heterocycles. The van der Waals surface area contributed by atoms with E-state index in [2.05, 4.69) is 20.3 Å². The fourth-order valence-corrected chi connectivity index (χ4v) is 4.26. The highest BCUT2D eigenvalue weighted by Gasteiger charge is 2.15. The zero-order valence-corrected chi connectivity index (χ0v) is 17.3. The van der Waals surface area contributed by atoms with Crippen LogP contribution in [0.25, 0.3) is 10.7 Å². The van der Waals surface area contributed by atoms with Gasteiger partial charge in [0.25, 0.3) is 0 Å². The number of hydrogen-bond donors (Lipinski definition) is 1. The largest absolute Gasteiger partial charge is 0.435 e. The predicted molar refractivity (Wildman–Crippen MR) is 110 cm³/mol. The normalized spacial score (nSPS) is 11.0. The fraction of sp³-hybridized carbons (Fsp3) is 0.316. The van der Waals surface area contributed by atoms with E-state index in [9.17, 15) is 13.6 Å². The van der Waals surface area contributed by atoms with Crippen LogP contribution in [0.4, 0.5) is 8.78 Å². The summed E-state index contributed by atoms with van der Waals surface area (Å²) in [5.74, 6) is 0.951. The highest BCUT2D eigenvalue weighted by molar-refractivity contribution is 7.99. The van der Waals surface area contributed by atoms with Crippen molar-refractivity contribution in [2.75, 3.05) is 12.3 Å². The molecule has 0 radical (unpaired) electrons. The molecular weight excluding hydrogens is 418 g/mol. The van der Waals surface area contributed by atoms with Crippen molar-refractivity contribution in [2.45, 2.75) is 31.7 Å². The number of para-hydroxylation sites is 1. The first-order valence-corrected chi connectivity index (χ1v) is 10.8. The van der Waals surface area contributed by atoms with Gasteiger partial charge >= 0.3 is 6.61 Å². The van der Waals surface area contributed by atoms with Crippen molar-refractivity contribution in [1.82, 2.24) is 20.1 Å². The maximum atomic E-state index is 12.5. The van der Waals surface area contributed by atoms with Gasteiger partial charge in [-0.1, -0.05) is 36.0 Å². The standard InChI is InChI=1S/C19H20F2N4O2S2/c1-2-25-17(15-8-5-11-28-15)23-24-19(25)29-12-16(26)22-10-9-13-6-3-4-7-14(13)27-18(20)21/h3-8,11,18H,2,9-10,12H2,1H3,(H,22,26). The number of aromatic nitrogens is 3. The van der Waals surface area contributed by atoms with E-state index >= 15 is 0 Å². The van der Waals surface area contributed by atoms with Gasteiger partial charge in [-0.25, -0.2) is 0 Å². The molecular formula is C19H20F2N4O2S2. The van der Waals surface area contributed by atoms with Gasteiger partial charge in [-0.15, -0.1) is 21.5 Å². The van der Waals surface area contributed by atoms with Gasteiger partial charge in [0.15, 0.2) is 11.0 Å². The van der Waals surface area contributed by atoms with E-state index in [-0.39, 0.29) is 17.4 Å². The first-order chi connectivity index (χ1) is 14.1. The zero-order valence-electron chi connectivity index (χ0n) is 15.7. The summed E-state index contributed by atoms with van der Waals surface area (Å²) in [6.45, 7) is 0.149. The molecule has 0 saturated heterocycles. The minimum atomic E-state index is -2.88. The van der Waals surface area contributed by atoms with Gasteiger partial charge in [-0.2, -0.15) is 8.78 Å². The molecule has 0 aliphatic carbocycles. The molecule has 29 heavy (non-hydrogen) atoms. The lowest BCUT2D eigenvalue weighted by Crippen LogP contribution is -2.27. The number of alkyl halides is 2. The van der Waals surface area contributed by atoms with Gasteiger partial charge in [-0.3, -0.25) is 4.79 Å². The molecule has 1 amide bonds. The lowest BCUT2D eigenvalue weighted by molar-refractivity contribution is -0.118. The molecule has 0 unspecified atom stereocenters. The third-order valence-electron chi connectivity index (χ3n) is 4.01. The van der Waals surface area contributed by atoms with Crippen molar-refractivity contribution in [3.63, 3.8) is 0 Å². The number of amides is 1. The van der Waals surface area contributed by atoms with Gasteiger partial charge in [-0.05, 0) is 36.4 Å². The number of carbonyl (C=O) groups excluding carboxylic acids is 1. The number of thioether (sulfide) groups is 1. The number of benzene rings is 1. The second kappa shape index (κ2) is 10.4. The number of ether oxygens (including phenoxy) is 1. The summed E-state index contributed by atoms with van der Waals surface area (Å²) in [4.78, 5) is 13.2. The molecule has 0 bridgehead atoms. The smallest absolute Gasteiger partial charge is 0.387 e. The van der Waals surface area contributed by atoms with Crippen LogP contribution >= 0.6 is 23.1 Å². The molecule has 10 heteroatoms. The van der Waals surface area contributed by atoms with Crippen molar-refractivity contribution in [3.05, 3.63) is 47.3 Å². The maximum Gasteiger partial charge on any atom is 0.387 e. The topological polar surface area (TPSA) is 69.0 Å². The molecule has 2 aromatic heterocycles. The number of hydrogen-bond acceptors (Lipinski definition) is 6. The Kier molecular flexibility index (Phi) is 7.59. The molecule has 154 valence electrons. The summed E-state index contributed by atoms with van der Waals surface area (Å²) < 4.78 is 31.4. The van der Waals surface area contributed by atoms with Crippen LogP contribution in [0, 0.1) is 0 Å². The van der Waals surface area contributed by atoms with E-state index in [1.54, 1.807) is 29.5 Å². The molecule has 3 rings (SSSR count). The summed E-state index contributed by atoms with van der Waals surface area (Å²) in [5.41, 5.74) is 0.618. The third-order valence-corrected chi connectivity index (χ3v) is 5.84. The number of halogens is 2. The Bertz CT molecular complexity index is 932. The van der Waals surface area contributed by atoms with Crippen LogP contribution in [-0.4, -0.2) is 39.6 Å². The van der Waals surface area contributed by atoms with Crippen LogP contribution in [0.2, 0.25) is 0 Å². The Balaban J connectivity index is 1.50. The van der Waals surface area contributed by atoms with E-state index < -0.39 is 6.61 Å². The van der Waals surface area contributed by atoms with Gasteiger partial charge in [0, 0.05) is 13.1 Å². The first kappa shape index (κ1) is 21.3. The number of nitrogens with one attached hydrogen (secondary N) is 1. The van der Waals surface area contributed by atoms with Crippen LogP contribution in [0.5, 0.6) is 5.75 Å². The molecule has 1 N–H and O–H groups in total. The van der Waals surface area contributed by atoms with Crippen LogP contribution < -0.4 is 10.1 Å². The van der Waals surface area contributed by atoms with Crippen LogP contribution in [-0.2, 0) is 17.8 Å². The molecule has 0 fully saturated rings. The van der Waals surface area contributed by atoms with E-state index in [0.717, 1.165) is 10.7 Å². The molecule has 0 atom stereocenters.